The number of ether oxygens (including phenoxy) is 1. The number of oxazole rings is 1. The second-order valence-electron chi connectivity index (χ2n) is 8.82. The summed E-state index contributed by atoms with van der Waals surface area (Å²) in [6, 6.07) is 17.9. The molecule has 7 nitrogen and oxygen atoms in total. The maximum Gasteiger partial charge on any atom is 0.271 e. The molecular weight excluding hydrogens is 428 g/mol. The number of hydrogen-bond acceptors (Lipinski definition) is 5. The van der Waals surface area contributed by atoms with Gasteiger partial charge in [0.05, 0.1) is 24.9 Å². The fourth-order valence-electron chi connectivity index (χ4n) is 4.41. The lowest BCUT2D eigenvalue weighted by Gasteiger charge is -2.30. The number of carbonyl (C=O) groups is 1. The third kappa shape index (κ3) is 4.73. The first-order valence-corrected chi connectivity index (χ1v) is 11.6. The van der Waals surface area contributed by atoms with Crippen molar-refractivity contribution in [3.8, 4) is 17.0 Å². The third-order valence-corrected chi connectivity index (χ3v) is 6.30. The van der Waals surface area contributed by atoms with Crippen LogP contribution in [0.3, 0.4) is 0 Å². The van der Waals surface area contributed by atoms with Crippen molar-refractivity contribution in [1.82, 2.24) is 20.1 Å². The van der Waals surface area contributed by atoms with E-state index in [2.05, 4.69) is 15.2 Å². The van der Waals surface area contributed by atoms with Crippen LogP contribution in [-0.4, -0.2) is 46.2 Å². The summed E-state index contributed by atoms with van der Waals surface area (Å²) in [6.45, 7) is 3.34. The van der Waals surface area contributed by atoms with Crippen LogP contribution in [0, 0.1) is 6.92 Å². The van der Waals surface area contributed by atoms with Gasteiger partial charge in [0.2, 0.25) is 0 Å². The van der Waals surface area contributed by atoms with E-state index in [-0.39, 0.29) is 11.8 Å². The highest BCUT2D eigenvalue weighted by Gasteiger charge is 2.29. The predicted molar refractivity (Wildman–Crippen MR) is 129 cm³/mol. The Labute approximate surface area is 198 Å². The SMILES string of the molecule is COc1cccc(Cc2cnc([C@H]3CCCN(C(=O)c4cc(-c5ccc(C)cc5)n[nH]4)C3)o2)c1. The fraction of sp³-hybridized carbons (Fsp3) is 0.296. The summed E-state index contributed by atoms with van der Waals surface area (Å²) in [7, 11) is 1.66. The van der Waals surface area contributed by atoms with Crippen molar-refractivity contribution in [2.45, 2.75) is 32.1 Å². The number of piperidine rings is 1. The van der Waals surface area contributed by atoms with Gasteiger partial charge in [-0.2, -0.15) is 5.10 Å². The van der Waals surface area contributed by atoms with E-state index < -0.39 is 0 Å². The quantitative estimate of drug-likeness (QED) is 0.442. The van der Waals surface area contributed by atoms with E-state index in [4.69, 9.17) is 9.15 Å². The number of likely N-dealkylation sites (tertiary alicyclic amines) is 1. The first kappa shape index (κ1) is 21.9. The molecule has 0 aliphatic carbocycles. The van der Waals surface area contributed by atoms with Gasteiger partial charge >= 0.3 is 0 Å². The Hall–Kier alpha value is -3.87. The smallest absolute Gasteiger partial charge is 0.271 e. The third-order valence-electron chi connectivity index (χ3n) is 6.30. The van der Waals surface area contributed by atoms with Crippen LogP contribution >= 0.6 is 0 Å². The van der Waals surface area contributed by atoms with Gasteiger partial charge < -0.3 is 14.1 Å². The van der Waals surface area contributed by atoms with Gasteiger partial charge in [-0.05, 0) is 43.5 Å². The number of aromatic amines is 1. The molecule has 7 heteroatoms. The fourth-order valence-corrected chi connectivity index (χ4v) is 4.41. The maximum absolute atomic E-state index is 13.2. The van der Waals surface area contributed by atoms with Gasteiger partial charge in [0.15, 0.2) is 5.89 Å². The van der Waals surface area contributed by atoms with E-state index in [1.807, 2.05) is 66.4 Å². The van der Waals surface area contributed by atoms with E-state index in [0.717, 1.165) is 41.2 Å². The van der Waals surface area contributed by atoms with Gasteiger partial charge in [-0.1, -0.05) is 42.0 Å². The number of methoxy groups -OCH3 is 1. The Bertz CT molecular complexity index is 1280. The summed E-state index contributed by atoms with van der Waals surface area (Å²) in [5, 5.41) is 7.27. The standard InChI is InChI=1S/C27H28N4O3/c1-18-8-10-20(11-9-18)24-15-25(30-29-24)27(32)31-12-4-6-21(17-31)26-28-16-23(34-26)14-19-5-3-7-22(13-19)33-2/h3,5,7-11,13,15-16,21H,4,6,12,14,17H2,1-2H3,(H,29,30)/t21-/m0/s1. The van der Waals surface area contributed by atoms with Crippen LogP contribution in [0.1, 0.15) is 52.0 Å². The molecule has 0 radical (unpaired) electrons. The van der Waals surface area contributed by atoms with Gasteiger partial charge in [-0.25, -0.2) is 4.98 Å². The van der Waals surface area contributed by atoms with Crippen molar-refractivity contribution in [3.63, 3.8) is 0 Å². The van der Waals surface area contributed by atoms with Gasteiger partial charge in [-0.15, -0.1) is 0 Å². The monoisotopic (exact) mass is 456 g/mol. The zero-order chi connectivity index (χ0) is 23.5. The van der Waals surface area contributed by atoms with Crippen LogP contribution in [0.4, 0.5) is 0 Å². The van der Waals surface area contributed by atoms with Gasteiger partial charge in [0.1, 0.15) is 17.2 Å². The average Bonchev–Trinajstić information content (AvgIpc) is 3.55. The van der Waals surface area contributed by atoms with Crippen LogP contribution in [0.15, 0.2) is 65.2 Å². The second-order valence-corrected chi connectivity index (χ2v) is 8.82. The number of carbonyl (C=O) groups excluding carboxylic acids is 1. The van der Waals surface area contributed by atoms with Crippen LogP contribution in [0.2, 0.25) is 0 Å². The summed E-state index contributed by atoms with van der Waals surface area (Å²) in [5.74, 6) is 2.36. The van der Waals surface area contributed by atoms with E-state index in [9.17, 15) is 4.79 Å². The molecule has 0 bridgehead atoms. The zero-order valence-corrected chi connectivity index (χ0v) is 19.5. The van der Waals surface area contributed by atoms with Crippen LogP contribution in [-0.2, 0) is 6.42 Å². The molecule has 5 rings (SSSR count). The first-order valence-electron chi connectivity index (χ1n) is 11.6. The number of nitrogens with one attached hydrogen (secondary N) is 1. The number of amides is 1. The molecule has 0 saturated carbocycles. The lowest BCUT2D eigenvalue weighted by molar-refractivity contribution is 0.0692. The van der Waals surface area contributed by atoms with Crippen molar-refractivity contribution in [3.05, 3.63) is 89.3 Å². The molecular formula is C27H28N4O3. The molecule has 1 fully saturated rings. The molecule has 4 aromatic rings. The van der Waals surface area contributed by atoms with Crippen molar-refractivity contribution in [2.24, 2.45) is 0 Å². The van der Waals surface area contributed by atoms with E-state index >= 15 is 0 Å². The minimum absolute atomic E-state index is 0.0429. The lowest BCUT2D eigenvalue weighted by atomic mass is 9.97. The predicted octanol–water partition coefficient (Wildman–Crippen LogP) is 4.99. The van der Waals surface area contributed by atoms with Crippen molar-refractivity contribution in [2.75, 3.05) is 20.2 Å². The zero-order valence-electron chi connectivity index (χ0n) is 19.5. The van der Waals surface area contributed by atoms with Crippen molar-refractivity contribution < 1.29 is 13.9 Å². The number of aromatic nitrogens is 3. The Morgan fingerprint density at radius 2 is 2.06 bits per heavy atom. The van der Waals surface area contributed by atoms with Crippen molar-refractivity contribution in [1.29, 1.82) is 0 Å². The highest BCUT2D eigenvalue weighted by atomic mass is 16.5. The van der Waals surface area contributed by atoms with E-state index in [1.54, 1.807) is 13.3 Å². The number of benzene rings is 2. The topological polar surface area (TPSA) is 84.2 Å². The highest BCUT2D eigenvalue weighted by molar-refractivity contribution is 5.93. The summed E-state index contributed by atoms with van der Waals surface area (Å²) in [6.07, 6.45) is 4.29. The first-order chi connectivity index (χ1) is 16.6. The minimum atomic E-state index is -0.0429. The molecule has 34 heavy (non-hydrogen) atoms. The molecule has 0 unspecified atom stereocenters. The summed E-state index contributed by atoms with van der Waals surface area (Å²) >= 11 is 0. The summed E-state index contributed by atoms with van der Waals surface area (Å²) in [4.78, 5) is 19.6. The lowest BCUT2D eigenvalue weighted by Crippen LogP contribution is -2.39. The molecule has 0 spiro atoms. The summed E-state index contributed by atoms with van der Waals surface area (Å²) in [5.41, 5.74) is 4.55. The molecule has 1 aliphatic heterocycles. The summed E-state index contributed by atoms with van der Waals surface area (Å²) < 4.78 is 11.4. The molecule has 1 aliphatic rings. The number of nitrogens with zero attached hydrogens (tertiary/aromatic N) is 3. The van der Waals surface area contributed by atoms with Crippen molar-refractivity contribution >= 4 is 5.91 Å². The number of rotatable bonds is 6. The molecule has 1 N–H and O–H groups in total. The Kier molecular flexibility index (Phi) is 6.16. The molecule has 1 saturated heterocycles. The second kappa shape index (κ2) is 9.55. The van der Waals surface area contributed by atoms with Gasteiger partial charge in [-0.3, -0.25) is 9.89 Å². The Balaban J connectivity index is 1.25. The average molecular weight is 457 g/mol. The van der Waals surface area contributed by atoms with E-state index in [0.29, 0.717) is 31.1 Å². The van der Waals surface area contributed by atoms with Crippen LogP contribution in [0.25, 0.3) is 11.3 Å². The Morgan fingerprint density at radius 3 is 2.88 bits per heavy atom. The maximum atomic E-state index is 13.2. The molecule has 3 heterocycles. The van der Waals surface area contributed by atoms with Crippen LogP contribution < -0.4 is 4.74 Å². The largest absolute Gasteiger partial charge is 0.497 e. The van der Waals surface area contributed by atoms with Crippen LogP contribution in [0.5, 0.6) is 5.75 Å². The minimum Gasteiger partial charge on any atom is -0.497 e. The molecule has 2 aromatic heterocycles. The Morgan fingerprint density at radius 1 is 1.21 bits per heavy atom. The normalized spacial score (nSPS) is 15.9. The molecule has 1 atom stereocenters. The molecule has 1 amide bonds. The number of hydrogen-bond donors (Lipinski definition) is 1. The van der Waals surface area contributed by atoms with Gasteiger partial charge in [0, 0.05) is 25.1 Å². The van der Waals surface area contributed by atoms with Gasteiger partial charge in [0.25, 0.3) is 5.91 Å². The highest BCUT2D eigenvalue weighted by Crippen LogP contribution is 2.29. The molecule has 174 valence electrons. The van der Waals surface area contributed by atoms with E-state index in [1.165, 1.54) is 5.56 Å². The number of H-pyrrole nitrogens is 1. The molecule has 2 aromatic carbocycles. The number of aryl methyl sites for hydroxylation is 1.